The van der Waals surface area contributed by atoms with Crippen LogP contribution in [0.5, 0.6) is 0 Å². The molecular weight excluding hydrogens is 156 g/mol. The molecule has 0 radical (unpaired) electrons. The second-order valence-electron chi connectivity index (χ2n) is 5.50. The van der Waals surface area contributed by atoms with Crippen molar-refractivity contribution >= 4 is 0 Å². The van der Waals surface area contributed by atoms with Crippen LogP contribution < -0.4 is 0 Å². The minimum atomic E-state index is 0.645. The molecule has 1 fully saturated rings. The van der Waals surface area contributed by atoms with Crippen molar-refractivity contribution in [1.82, 2.24) is 0 Å². The zero-order chi connectivity index (χ0) is 9.90. The summed E-state index contributed by atoms with van der Waals surface area (Å²) in [5.74, 6) is 1.99. The van der Waals surface area contributed by atoms with Crippen LogP contribution in [0.25, 0.3) is 0 Å². The summed E-state index contributed by atoms with van der Waals surface area (Å²) in [6.45, 7) is 9.59. The maximum Gasteiger partial charge on any atom is -0.0300 e. The lowest BCUT2D eigenvalue weighted by molar-refractivity contribution is -0.0145. The van der Waals surface area contributed by atoms with E-state index in [1.54, 1.807) is 0 Å². The average molecular weight is 182 g/mol. The fourth-order valence-corrected chi connectivity index (χ4v) is 2.58. The molecule has 0 bridgehead atoms. The molecule has 0 aromatic carbocycles. The quantitative estimate of drug-likeness (QED) is 0.543. The van der Waals surface area contributed by atoms with Crippen molar-refractivity contribution in [1.29, 1.82) is 0 Å². The van der Waals surface area contributed by atoms with Crippen molar-refractivity contribution in [2.75, 3.05) is 0 Å². The van der Waals surface area contributed by atoms with E-state index in [0.29, 0.717) is 5.41 Å². The second kappa shape index (κ2) is 4.48. The standard InChI is InChI=1S/C13H26/c1-5-6-7-8-9-12-10-11(2)13(12,3)4/h11-12H,5-10H2,1-4H3/t11-,12+/m1/s1. The molecule has 0 N–H and O–H groups in total. The zero-order valence-corrected chi connectivity index (χ0v) is 9.90. The molecule has 0 heterocycles. The first-order valence-corrected chi connectivity index (χ1v) is 6.09. The molecule has 13 heavy (non-hydrogen) atoms. The third kappa shape index (κ3) is 2.48. The van der Waals surface area contributed by atoms with Crippen molar-refractivity contribution in [3.05, 3.63) is 0 Å². The molecule has 0 unspecified atom stereocenters. The molecule has 1 aliphatic carbocycles. The lowest BCUT2D eigenvalue weighted by Crippen LogP contribution is -2.42. The molecule has 2 atom stereocenters. The number of rotatable bonds is 5. The SMILES string of the molecule is CCCCCC[C@H]1C[C@@H](C)C1(C)C. The van der Waals surface area contributed by atoms with Crippen LogP contribution in [0.15, 0.2) is 0 Å². The Bertz CT molecular complexity index is 146. The topological polar surface area (TPSA) is 0 Å². The number of hydrogen-bond donors (Lipinski definition) is 0. The summed E-state index contributed by atoms with van der Waals surface area (Å²) in [6, 6.07) is 0. The minimum absolute atomic E-state index is 0.645. The summed E-state index contributed by atoms with van der Waals surface area (Å²) in [7, 11) is 0. The van der Waals surface area contributed by atoms with Crippen molar-refractivity contribution in [2.24, 2.45) is 17.3 Å². The molecule has 1 rings (SSSR count). The Morgan fingerprint density at radius 2 is 1.85 bits per heavy atom. The Kier molecular flexibility index (Phi) is 3.82. The van der Waals surface area contributed by atoms with Crippen LogP contribution in [0.1, 0.15) is 66.2 Å². The van der Waals surface area contributed by atoms with E-state index >= 15 is 0 Å². The first-order chi connectivity index (χ1) is 6.09. The predicted octanol–water partition coefficient (Wildman–Crippen LogP) is 4.64. The maximum absolute atomic E-state index is 2.45. The monoisotopic (exact) mass is 182 g/mol. The van der Waals surface area contributed by atoms with Gasteiger partial charge in [-0.25, -0.2) is 0 Å². The molecule has 0 heteroatoms. The van der Waals surface area contributed by atoms with E-state index in [0.717, 1.165) is 11.8 Å². The normalized spacial score (nSPS) is 31.4. The maximum atomic E-state index is 2.45. The van der Waals surface area contributed by atoms with Crippen LogP contribution >= 0.6 is 0 Å². The minimum Gasteiger partial charge on any atom is -0.0654 e. The van der Waals surface area contributed by atoms with Crippen LogP contribution in [-0.2, 0) is 0 Å². The largest absolute Gasteiger partial charge is 0.0654 e. The fraction of sp³-hybridized carbons (Fsp3) is 1.00. The number of hydrogen-bond acceptors (Lipinski definition) is 0. The highest BCUT2D eigenvalue weighted by molar-refractivity contribution is 4.93. The van der Waals surface area contributed by atoms with Crippen LogP contribution in [0.3, 0.4) is 0 Å². The van der Waals surface area contributed by atoms with E-state index in [1.807, 2.05) is 0 Å². The van der Waals surface area contributed by atoms with Gasteiger partial charge in [-0.1, -0.05) is 53.4 Å². The van der Waals surface area contributed by atoms with Gasteiger partial charge >= 0.3 is 0 Å². The van der Waals surface area contributed by atoms with Gasteiger partial charge in [0.1, 0.15) is 0 Å². The summed E-state index contributed by atoms with van der Waals surface area (Å²) in [6.07, 6.45) is 8.69. The number of unbranched alkanes of at least 4 members (excludes halogenated alkanes) is 3. The summed E-state index contributed by atoms with van der Waals surface area (Å²) < 4.78 is 0. The smallest absolute Gasteiger partial charge is 0.0300 e. The van der Waals surface area contributed by atoms with Crippen molar-refractivity contribution in [2.45, 2.75) is 66.2 Å². The second-order valence-corrected chi connectivity index (χ2v) is 5.50. The molecule has 0 amide bonds. The molecule has 1 aliphatic rings. The zero-order valence-electron chi connectivity index (χ0n) is 9.90. The first kappa shape index (κ1) is 11.1. The molecule has 0 spiro atoms. The molecule has 0 aromatic heterocycles. The predicted molar refractivity (Wildman–Crippen MR) is 59.8 cm³/mol. The lowest BCUT2D eigenvalue weighted by atomic mass is 9.54. The highest BCUT2D eigenvalue weighted by Crippen LogP contribution is 2.52. The summed E-state index contributed by atoms with van der Waals surface area (Å²) in [5.41, 5.74) is 0.645. The fourth-order valence-electron chi connectivity index (χ4n) is 2.58. The summed E-state index contributed by atoms with van der Waals surface area (Å²) in [5, 5.41) is 0. The average Bonchev–Trinajstić information content (AvgIpc) is 2.10. The lowest BCUT2D eigenvalue weighted by Gasteiger charge is -2.51. The van der Waals surface area contributed by atoms with Crippen LogP contribution in [0.4, 0.5) is 0 Å². The molecule has 1 saturated carbocycles. The van der Waals surface area contributed by atoms with Crippen LogP contribution in [-0.4, -0.2) is 0 Å². The summed E-state index contributed by atoms with van der Waals surface area (Å²) in [4.78, 5) is 0. The highest BCUT2D eigenvalue weighted by atomic mass is 14.5. The Morgan fingerprint density at radius 1 is 1.15 bits per heavy atom. The van der Waals surface area contributed by atoms with E-state index in [-0.39, 0.29) is 0 Å². The molecule has 0 saturated heterocycles. The third-order valence-corrected chi connectivity index (χ3v) is 4.37. The van der Waals surface area contributed by atoms with Crippen LogP contribution in [0.2, 0.25) is 0 Å². The molecule has 0 aromatic rings. The van der Waals surface area contributed by atoms with Crippen molar-refractivity contribution in [3.63, 3.8) is 0 Å². The molecule has 78 valence electrons. The molecule has 0 aliphatic heterocycles. The Morgan fingerprint density at radius 3 is 2.31 bits per heavy atom. The Labute approximate surface area is 84.1 Å². The van der Waals surface area contributed by atoms with Gasteiger partial charge in [0.2, 0.25) is 0 Å². The van der Waals surface area contributed by atoms with Gasteiger partial charge in [-0.2, -0.15) is 0 Å². The van der Waals surface area contributed by atoms with Gasteiger partial charge in [-0.05, 0) is 30.1 Å². The third-order valence-electron chi connectivity index (χ3n) is 4.37. The van der Waals surface area contributed by atoms with Gasteiger partial charge in [0.25, 0.3) is 0 Å². The van der Waals surface area contributed by atoms with E-state index in [4.69, 9.17) is 0 Å². The van der Waals surface area contributed by atoms with Gasteiger partial charge < -0.3 is 0 Å². The van der Waals surface area contributed by atoms with Crippen LogP contribution in [0, 0.1) is 17.3 Å². The molecule has 0 nitrogen and oxygen atoms in total. The Hall–Kier alpha value is 0. The van der Waals surface area contributed by atoms with E-state index in [9.17, 15) is 0 Å². The van der Waals surface area contributed by atoms with E-state index in [1.165, 1.54) is 38.5 Å². The van der Waals surface area contributed by atoms with Gasteiger partial charge in [-0.15, -0.1) is 0 Å². The van der Waals surface area contributed by atoms with Gasteiger partial charge in [0.15, 0.2) is 0 Å². The highest BCUT2D eigenvalue weighted by Gasteiger charge is 2.44. The van der Waals surface area contributed by atoms with Gasteiger partial charge in [-0.3, -0.25) is 0 Å². The Balaban J connectivity index is 2.10. The van der Waals surface area contributed by atoms with Crippen molar-refractivity contribution < 1.29 is 0 Å². The van der Waals surface area contributed by atoms with Gasteiger partial charge in [0, 0.05) is 0 Å². The summed E-state index contributed by atoms with van der Waals surface area (Å²) >= 11 is 0. The molecular formula is C13H26. The van der Waals surface area contributed by atoms with E-state index < -0.39 is 0 Å². The first-order valence-electron chi connectivity index (χ1n) is 6.09. The van der Waals surface area contributed by atoms with Gasteiger partial charge in [0.05, 0.1) is 0 Å². The van der Waals surface area contributed by atoms with Crippen molar-refractivity contribution in [3.8, 4) is 0 Å². The van der Waals surface area contributed by atoms with E-state index in [2.05, 4.69) is 27.7 Å².